The summed E-state index contributed by atoms with van der Waals surface area (Å²) in [6.45, 7) is 2.14. The summed E-state index contributed by atoms with van der Waals surface area (Å²) < 4.78 is 17.5. The number of rotatable bonds is 1. The van der Waals surface area contributed by atoms with Gasteiger partial charge in [-0.2, -0.15) is 0 Å². The Morgan fingerprint density at radius 2 is 1.48 bits per heavy atom. The zero-order valence-corrected chi connectivity index (χ0v) is 13.4. The minimum absolute atomic E-state index is 0.175. The van der Waals surface area contributed by atoms with Gasteiger partial charge in [-0.05, 0) is 86.0 Å². The van der Waals surface area contributed by atoms with Crippen LogP contribution in [-0.2, 0) is 0 Å². The molecule has 0 saturated heterocycles. The van der Waals surface area contributed by atoms with Gasteiger partial charge in [-0.15, -0.1) is 0 Å². The van der Waals surface area contributed by atoms with E-state index in [1.54, 1.807) is 0 Å². The third-order valence-corrected chi connectivity index (χ3v) is 6.65. The molecule has 3 saturated carbocycles. The lowest BCUT2D eigenvalue weighted by atomic mass is 9.55. The van der Waals surface area contributed by atoms with Gasteiger partial charge in [-0.3, -0.25) is 0 Å². The molecule has 21 heavy (non-hydrogen) atoms. The second-order valence-corrected chi connectivity index (χ2v) is 7.84. The monoisotopic (exact) mass is 284 g/mol. The van der Waals surface area contributed by atoms with E-state index in [4.69, 9.17) is 2.74 Å². The van der Waals surface area contributed by atoms with E-state index in [1.165, 1.54) is 31.2 Å². The first-order valence-electron chi connectivity index (χ1n) is 10.0. The number of fused-ring (bicyclic) bond motifs is 3. The number of hydrogen-bond donors (Lipinski definition) is 0. The second-order valence-electron chi connectivity index (χ2n) is 7.84. The first-order valence-corrected chi connectivity index (χ1v) is 9.02. The fourth-order valence-corrected chi connectivity index (χ4v) is 5.62. The van der Waals surface area contributed by atoms with E-state index in [1.807, 2.05) is 0 Å². The molecule has 0 aliphatic heterocycles. The van der Waals surface area contributed by atoms with Gasteiger partial charge < -0.3 is 0 Å². The molecule has 0 nitrogen and oxygen atoms in total. The molecule has 5 unspecified atom stereocenters. The van der Waals surface area contributed by atoms with Crippen LogP contribution in [0.2, 0.25) is 0 Å². The zero-order chi connectivity index (χ0) is 16.1. The van der Waals surface area contributed by atoms with Crippen LogP contribution in [0.1, 0.15) is 72.5 Å². The van der Waals surface area contributed by atoms with Gasteiger partial charge in [0, 0.05) is 2.74 Å². The summed E-state index contributed by atoms with van der Waals surface area (Å²) in [5, 5.41) is 0. The van der Waals surface area contributed by atoms with Crippen LogP contribution in [0.3, 0.4) is 0 Å². The SMILES string of the molecule is [2H]C1(c2ccccc2)CCC2C(CCC3C[C@@]([2H])(C)CCC32)C1. The summed E-state index contributed by atoms with van der Waals surface area (Å²) in [4.78, 5) is 0. The molecule has 114 valence electrons. The van der Waals surface area contributed by atoms with Gasteiger partial charge in [0.05, 0.1) is 0 Å². The molecule has 0 radical (unpaired) electrons. The lowest BCUT2D eigenvalue weighted by molar-refractivity contribution is 0.00923. The molecule has 0 N–H and O–H groups in total. The molecule has 0 amide bonds. The standard InChI is InChI=1S/C21H30/c1-15-7-11-20-18(13-15)8-9-19-14-17(10-12-21(19)20)16-5-3-2-4-6-16/h2-6,15,17-21H,7-14H2,1H3/t15-,17?,18?,19?,20?,21?/m0/s1/i15D,17D. The minimum atomic E-state index is -0.353. The van der Waals surface area contributed by atoms with E-state index < -0.39 is 0 Å². The van der Waals surface area contributed by atoms with Crippen LogP contribution < -0.4 is 0 Å². The molecule has 0 heteroatoms. The van der Waals surface area contributed by atoms with Crippen molar-refractivity contribution in [3.63, 3.8) is 0 Å². The highest BCUT2D eigenvalue weighted by molar-refractivity contribution is 5.20. The van der Waals surface area contributed by atoms with Crippen molar-refractivity contribution in [2.24, 2.45) is 29.6 Å². The average Bonchev–Trinajstić information content (AvgIpc) is 2.54. The van der Waals surface area contributed by atoms with Crippen LogP contribution in [0, 0.1) is 29.6 Å². The highest BCUT2D eigenvalue weighted by Crippen LogP contribution is 2.54. The molecule has 1 aromatic rings. The van der Waals surface area contributed by atoms with Crippen molar-refractivity contribution in [2.75, 3.05) is 0 Å². The molecule has 0 bridgehead atoms. The summed E-state index contributed by atoms with van der Waals surface area (Å²) >= 11 is 0. The summed E-state index contributed by atoms with van der Waals surface area (Å²) in [5.74, 6) is 2.71. The van der Waals surface area contributed by atoms with E-state index in [9.17, 15) is 0 Å². The van der Waals surface area contributed by atoms with Crippen LogP contribution in [-0.4, -0.2) is 0 Å². The predicted molar refractivity (Wildman–Crippen MR) is 89.2 cm³/mol. The molecule has 4 rings (SSSR count). The van der Waals surface area contributed by atoms with Gasteiger partial charge >= 0.3 is 0 Å². The Morgan fingerprint density at radius 3 is 2.24 bits per heavy atom. The van der Waals surface area contributed by atoms with Gasteiger partial charge in [-0.1, -0.05) is 43.7 Å². The smallest absolute Gasteiger partial charge is 0.0352 e. The molecular weight excluding hydrogens is 252 g/mol. The van der Waals surface area contributed by atoms with E-state index in [-0.39, 0.29) is 11.8 Å². The lowest BCUT2D eigenvalue weighted by Crippen LogP contribution is -2.40. The quantitative estimate of drug-likeness (QED) is 0.590. The van der Waals surface area contributed by atoms with E-state index in [0.29, 0.717) is 0 Å². The number of hydrogen-bond acceptors (Lipinski definition) is 0. The fraction of sp³-hybridized carbons (Fsp3) is 0.714. The maximum atomic E-state index is 9.05. The Morgan fingerprint density at radius 1 is 0.810 bits per heavy atom. The topological polar surface area (TPSA) is 0 Å². The molecule has 3 aliphatic carbocycles. The molecule has 3 aliphatic rings. The predicted octanol–water partition coefficient (Wildman–Crippen LogP) is 6.03. The zero-order valence-electron chi connectivity index (χ0n) is 15.4. The van der Waals surface area contributed by atoms with Crippen LogP contribution in [0.5, 0.6) is 0 Å². The Hall–Kier alpha value is -0.780. The van der Waals surface area contributed by atoms with Crippen LogP contribution >= 0.6 is 0 Å². The Bertz CT molecular complexity index is 552. The van der Waals surface area contributed by atoms with Crippen molar-refractivity contribution in [3.05, 3.63) is 35.9 Å². The third-order valence-electron chi connectivity index (χ3n) is 6.65. The summed E-state index contributed by atoms with van der Waals surface area (Å²) in [6.07, 6.45) is 9.40. The molecule has 0 aromatic heterocycles. The minimum Gasteiger partial charge on any atom is -0.0625 e. The molecule has 0 heterocycles. The Labute approximate surface area is 133 Å². The van der Waals surface area contributed by atoms with Gasteiger partial charge in [0.2, 0.25) is 0 Å². The van der Waals surface area contributed by atoms with E-state index >= 15 is 0 Å². The van der Waals surface area contributed by atoms with Gasteiger partial charge in [0.1, 0.15) is 0 Å². The molecule has 0 spiro atoms. The van der Waals surface area contributed by atoms with Crippen LogP contribution in [0.4, 0.5) is 0 Å². The van der Waals surface area contributed by atoms with Crippen molar-refractivity contribution in [1.29, 1.82) is 0 Å². The van der Waals surface area contributed by atoms with Crippen molar-refractivity contribution in [1.82, 2.24) is 0 Å². The van der Waals surface area contributed by atoms with Gasteiger partial charge in [0.25, 0.3) is 0 Å². The Kier molecular flexibility index (Phi) is 3.23. The molecule has 3 fully saturated rings. The summed E-state index contributed by atoms with van der Waals surface area (Å²) in [7, 11) is 0. The fourth-order valence-electron chi connectivity index (χ4n) is 5.62. The van der Waals surface area contributed by atoms with Crippen molar-refractivity contribution in [3.8, 4) is 0 Å². The Balaban J connectivity index is 1.51. The van der Waals surface area contributed by atoms with Crippen LogP contribution in [0.25, 0.3) is 0 Å². The summed E-state index contributed by atoms with van der Waals surface area (Å²) in [5.41, 5.74) is 1.22. The third kappa shape index (κ3) is 2.67. The van der Waals surface area contributed by atoms with E-state index in [0.717, 1.165) is 49.4 Å². The average molecular weight is 284 g/mol. The second kappa shape index (κ2) is 5.78. The van der Waals surface area contributed by atoms with Crippen molar-refractivity contribution < 1.29 is 2.74 Å². The maximum Gasteiger partial charge on any atom is 0.0352 e. The highest BCUT2D eigenvalue weighted by atomic mass is 14.5. The van der Waals surface area contributed by atoms with Crippen LogP contribution in [0.15, 0.2) is 30.3 Å². The maximum absolute atomic E-state index is 9.05. The molecular formula is C21H30. The lowest BCUT2D eigenvalue weighted by Gasteiger charge is -2.50. The summed E-state index contributed by atoms with van der Waals surface area (Å²) in [6, 6.07) is 10.6. The normalized spacial score (nSPS) is 51.3. The van der Waals surface area contributed by atoms with Crippen molar-refractivity contribution >= 4 is 0 Å². The molecule has 1 aromatic carbocycles. The van der Waals surface area contributed by atoms with Gasteiger partial charge in [-0.25, -0.2) is 0 Å². The van der Waals surface area contributed by atoms with Crippen molar-refractivity contribution in [2.45, 2.75) is 64.2 Å². The highest BCUT2D eigenvalue weighted by Gasteiger charge is 2.43. The number of benzene rings is 1. The molecule has 6 atom stereocenters. The largest absolute Gasteiger partial charge is 0.0625 e. The first-order chi connectivity index (χ1) is 11.0. The van der Waals surface area contributed by atoms with E-state index in [2.05, 4.69) is 37.3 Å². The van der Waals surface area contributed by atoms with Gasteiger partial charge in [0.15, 0.2) is 0 Å². The first kappa shape index (κ1) is 11.7.